The minimum absolute atomic E-state index is 0.0194. The SMILES string of the molecule is CCC1CN(S(=O)(=O)c2ccc(C)cc2Br)C(CC)CN1. The second kappa shape index (κ2) is 6.77. The van der Waals surface area contributed by atoms with E-state index in [9.17, 15) is 8.42 Å². The number of nitrogens with one attached hydrogen (secondary N) is 1. The summed E-state index contributed by atoms with van der Waals surface area (Å²) in [5.74, 6) is 0. The number of nitrogens with zero attached hydrogens (tertiary/aromatic N) is 1. The van der Waals surface area contributed by atoms with Gasteiger partial charge in [-0.1, -0.05) is 19.9 Å². The van der Waals surface area contributed by atoms with Crippen molar-refractivity contribution in [2.45, 2.75) is 50.6 Å². The summed E-state index contributed by atoms with van der Waals surface area (Å²) < 4.78 is 28.4. The second-order valence-corrected chi connectivity index (χ2v) is 8.30. The van der Waals surface area contributed by atoms with E-state index in [1.165, 1.54) is 0 Å². The van der Waals surface area contributed by atoms with Crippen LogP contribution in [0.25, 0.3) is 0 Å². The minimum Gasteiger partial charge on any atom is -0.311 e. The van der Waals surface area contributed by atoms with Crippen LogP contribution in [0.15, 0.2) is 27.6 Å². The standard InChI is InChI=1S/C15H23BrN2O2S/c1-4-12-10-18(13(5-2)9-17-12)21(19,20)15-7-6-11(3)8-14(15)16/h6-8,12-13,17H,4-5,9-10H2,1-3H3. The number of benzene rings is 1. The molecule has 21 heavy (non-hydrogen) atoms. The normalized spacial score (nSPS) is 24.2. The van der Waals surface area contributed by atoms with Gasteiger partial charge in [0.05, 0.1) is 4.90 Å². The summed E-state index contributed by atoms with van der Waals surface area (Å²) in [6.45, 7) is 7.32. The fourth-order valence-corrected chi connectivity index (χ4v) is 5.59. The highest BCUT2D eigenvalue weighted by Crippen LogP contribution is 2.29. The van der Waals surface area contributed by atoms with Crippen molar-refractivity contribution in [2.24, 2.45) is 0 Å². The van der Waals surface area contributed by atoms with Crippen molar-refractivity contribution >= 4 is 26.0 Å². The molecule has 2 atom stereocenters. The van der Waals surface area contributed by atoms with Crippen LogP contribution < -0.4 is 5.32 Å². The molecule has 1 N–H and O–H groups in total. The molecule has 1 heterocycles. The van der Waals surface area contributed by atoms with Crippen LogP contribution in [0, 0.1) is 6.92 Å². The summed E-state index contributed by atoms with van der Waals surface area (Å²) in [4.78, 5) is 0.364. The lowest BCUT2D eigenvalue weighted by molar-refractivity contribution is 0.215. The molecule has 4 nitrogen and oxygen atoms in total. The topological polar surface area (TPSA) is 49.4 Å². The fourth-order valence-electron chi connectivity index (χ4n) is 2.69. The predicted octanol–water partition coefficient (Wildman–Crippen LogP) is 2.91. The lowest BCUT2D eigenvalue weighted by Crippen LogP contribution is -2.57. The van der Waals surface area contributed by atoms with Crippen molar-refractivity contribution in [1.82, 2.24) is 9.62 Å². The summed E-state index contributed by atoms with van der Waals surface area (Å²) in [5.41, 5.74) is 1.04. The monoisotopic (exact) mass is 374 g/mol. The first-order valence-electron chi connectivity index (χ1n) is 7.41. The maximum atomic E-state index is 13.0. The Bertz CT molecular complexity index is 604. The zero-order chi connectivity index (χ0) is 15.6. The molecule has 0 aromatic heterocycles. The first-order chi connectivity index (χ1) is 9.90. The number of hydrogen-bond donors (Lipinski definition) is 1. The van der Waals surface area contributed by atoms with Crippen molar-refractivity contribution < 1.29 is 8.42 Å². The van der Waals surface area contributed by atoms with Crippen LogP contribution in [-0.4, -0.2) is 37.9 Å². The highest BCUT2D eigenvalue weighted by molar-refractivity contribution is 9.10. The average molecular weight is 375 g/mol. The summed E-state index contributed by atoms with van der Waals surface area (Å²) in [6, 6.07) is 5.65. The smallest absolute Gasteiger partial charge is 0.244 e. The molecule has 118 valence electrons. The van der Waals surface area contributed by atoms with Gasteiger partial charge in [0.2, 0.25) is 10.0 Å². The fraction of sp³-hybridized carbons (Fsp3) is 0.600. The molecule has 0 bridgehead atoms. The Labute approximate surface area is 136 Å². The quantitative estimate of drug-likeness (QED) is 0.881. The van der Waals surface area contributed by atoms with Crippen LogP contribution in [0.5, 0.6) is 0 Å². The van der Waals surface area contributed by atoms with Crippen LogP contribution in [0.3, 0.4) is 0 Å². The van der Waals surface area contributed by atoms with Crippen LogP contribution in [-0.2, 0) is 10.0 Å². The van der Waals surface area contributed by atoms with Gasteiger partial charge in [0.15, 0.2) is 0 Å². The van der Waals surface area contributed by atoms with Crippen LogP contribution >= 0.6 is 15.9 Å². The van der Waals surface area contributed by atoms with Gasteiger partial charge in [0.25, 0.3) is 0 Å². The average Bonchev–Trinajstić information content (AvgIpc) is 2.46. The van der Waals surface area contributed by atoms with Crippen molar-refractivity contribution in [1.29, 1.82) is 0 Å². The van der Waals surface area contributed by atoms with Crippen LogP contribution in [0.2, 0.25) is 0 Å². The van der Waals surface area contributed by atoms with E-state index in [4.69, 9.17) is 0 Å². The van der Waals surface area contributed by atoms with Gasteiger partial charge in [0.1, 0.15) is 0 Å². The Hall–Kier alpha value is -0.430. The van der Waals surface area contributed by atoms with E-state index in [1.54, 1.807) is 10.4 Å². The zero-order valence-electron chi connectivity index (χ0n) is 12.8. The molecule has 1 aromatic rings. The Morgan fingerprint density at radius 1 is 1.33 bits per heavy atom. The molecule has 1 fully saturated rings. The van der Waals surface area contributed by atoms with E-state index in [-0.39, 0.29) is 12.1 Å². The number of aryl methyl sites for hydroxylation is 1. The van der Waals surface area contributed by atoms with Crippen molar-refractivity contribution in [3.8, 4) is 0 Å². The van der Waals surface area contributed by atoms with Gasteiger partial charge >= 0.3 is 0 Å². The second-order valence-electron chi connectivity index (χ2n) is 5.58. The third-order valence-electron chi connectivity index (χ3n) is 4.09. The molecule has 1 saturated heterocycles. The molecule has 0 spiro atoms. The van der Waals surface area contributed by atoms with Gasteiger partial charge in [-0.25, -0.2) is 8.42 Å². The first kappa shape index (κ1) is 16.9. The molecule has 1 aromatic carbocycles. The summed E-state index contributed by atoms with van der Waals surface area (Å²) in [7, 11) is -3.47. The number of hydrogen-bond acceptors (Lipinski definition) is 3. The molecule has 0 radical (unpaired) electrons. The van der Waals surface area contributed by atoms with Crippen LogP contribution in [0.1, 0.15) is 32.3 Å². The highest BCUT2D eigenvalue weighted by Gasteiger charge is 2.36. The van der Waals surface area contributed by atoms with E-state index < -0.39 is 10.0 Å². The molecule has 0 aliphatic carbocycles. The van der Waals surface area contributed by atoms with Gasteiger partial charge in [-0.2, -0.15) is 4.31 Å². The van der Waals surface area contributed by atoms with Gasteiger partial charge in [-0.05, 0) is 53.4 Å². The maximum absolute atomic E-state index is 13.0. The van der Waals surface area contributed by atoms with Gasteiger partial charge in [-0.3, -0.25) is 0 Å². The van der Waals surface area contributed by atoms with E-state index in [0.717, 1.165) is 24.9 Å². The van der Waals surface area contributed by atoms with Gasteiger partial charge in [0, 0.05) is 29.6 Å². The molecular weight excluding hydrogens is 352 g/mol. The summed E-state index contributed by atoms with van der Waals surface area (Å²) >= 11 is 3.40. The zero-order valence-corrected chi connectivity index (χ0v) is 15.2. The predicted molar refractivity (Wildman–Crippen MR) is 88.9 cm³/mol. The molecule has 0 amide bonds. The molecule has 0 saturated carbocycles. The van der Waals surface area contributed by atoms with Gasteiger partial charge < -0.3 is 5.32 Å². The van der Waals surface area contributed by atoms with Crippen molar-refractivity contribution in [3.05, 3.63) is 28.2 Å². The minimum atomic E-state index is -3.47. The Morgan fingerprint density at radius 2 is 2.05 bits per heavy atom. The van der Waals surface area contributed by atoms with Crippen molar-refractivity contribution in [2.75, 3.05) is 13.1 Å². The third kappa shape index (κ3) is 3.50. The lowest BCUT2D eigenvalue weighted by Gasteiger charge is -2.39. The van der Waals surface area contributed by atoms with E-state index in [1.807, 2.05) is 26.0 Å². The van der Waals surface area contributed by atoms with Gasteiger partial charge in [-0.15, -0.1) is 0 Å². The van der Waals surface area contributed by atoms with E-state index in [0.29, 0.717) is 15.9 Å². The first-order valence-corrected chi connectivity index (χ1v) is 9.64. The maximum Gasteiger partial charge on any atom is 0.244 e. The highest BCUT2D eigenvalue weighted by atomic mass is 79.9. The molecule has 2 unspecified atom stereocenters. The largest absolute Gasteiger partial charge is 0.311 e. The Kier molecular flexibility index (Phi) is 5.46. The number of halogens is 1. The van der Waals surface area contributed by atoms with Crippen LogP contribution in [0.4, 0.5) is 0 Å². The molecule has 1 aliphatic heterocycles. The molecule has 6 heteroatoms. The van der Waals surface area contributed by atoms with E-state index in [2.05, 4.69) is 28.2 Å². The number of piperazine rings is 1. The van der Waals surface area contributed by atoms with E-state index >= 15 is 0 Å². The molecule has 1 aliphatic rings. The Balaban J connectivity index is 2.40. The summed E-state index contributed by atoms with van der Waals surface area (Å²) in [6.07, 6.45) is 1.74. The number of sulfonamides is 1. The number of rotatable bonds is 4. The third-order valence-corrected chi connectivity index (χ3v) is 6.98. The van der Waals surface area contributed by atoms with Crippen molar-refractivity contribution in [3.63, 3.8) is 0 Å². The lowest BCUT2D eigenvalue weighted by atomic mass is 10.1. The molecule has 2 rings (SSSR count). The molecular formula is C15H23BrN2O2S. The summed E-state index contributed by atoms with van der Waals surface area (Å²) in [5, 5.41) is 3.43. The Morgan fingerprint density at radius 3 is 2.62 bits per heavy atom.